The average Bonchev–Trinajstić information content (AvgIpc) is 2.67. The van der Waals surface area contributed by atoms with E-state index in [2.05, 4.69) is 49.7 Å². The van der Waals surface area contributed by atoms with Crippen LogP contribution >= 0.6 is 0 Å². The molecular weight excluding hydrogens is 210 g/mol. The lowest BCUT2D eigenvalue weighted by atomic mass is 9.87. The van der Waals surface area contributed by atoms with Crippen molar-refractivity contribution in [1.82, 2.24) is 9.78 Å². The van der Waals surface area contributed by atoms with Crippen LogP contribution in [0, 0.1) is 5.41 Å². The Morgan fingerprint density at radius 3 is 2.65 bits per heavy atom. The lowest BCUT2D eigenvalue weighted by Gasteiger charge is -2.20. The van der Waals surface area contributed by atoms with Crippen LogP contribution in [0.1, 0.15) is 26.5 Å². The quantitative estimate of drug-likeness (QED) is 0.879. The van der Waals surface area contributed by atoms with E-state index in [0.29, 0.717) is 6.54 Å². The lowest BCUT2D eigenvalue weighted by molar-refractivity contribution is 0.371. The van der Waals surface area contributed by atoms with Crippen molar-refractivity contribution in [2.45, 2.75) is 33.7 Å². The average molecular weight is 231 g/mol. The first-order valence-corrected chi connectivity index (χ1v) is 6.22. The van der Waals surface area contributed by atoms with Gasteiger partial charge in [-0.15, -0.1) is 0 Å². The van der Waals surface area contributed by atoms with Gasteiger partial charge in [-0.05, 0) is 31.4 Å². The molecule has 0 radical (unpaired) electrons. The number of fused-ring (bicyclic) bond motifs is 1. The van der Waals surface area contributed by atoms with Crippen LogP contribution < -0.4 is 5.73 Å². The monoisotopic (exact) mass is 231 g/mol. The minimum absolute atomic E-state index is 0.107. The van der Waals surface area contributed by atoms with Crippen molar-refractivity contribution in [1.29, 1.82) is 0 Å². The Balaban J connectivity index is 2.47. The molecule has 1 heterocycles. The van der Waals surface area contributed by atoms with E-state index in [1.807, 2.05) is 0 Å². The fourth-order valence-electron chi connectivity index (χ4n) is 2.09. The predicted molar refractivity (Wildman–Crippen MR) is 71.9 cm³/mol. The Kier molecular flexibility index (Phi) is 3.20. The molecule has 0 aliphatic rings. The highest BCUT2D eigenvalue weighted by molar-refractivity contribution is 5.82. The van der Waals surface area contributed by atoms with Gasteiger partial charge in [0.05, 0.1) is 11.2 Å². The summed E-state index contributed by atoms with van der Waals surface area (Å²) in [7, 11) is 0. The van der Waals surface area contributed by atoms with E-state index in [9.17, 15) is 0 Å². The summed E-state index contributed by atoms with van der Waals surface area (Å²) in [4.78, 5) is 0. The van der Waals surface area contributed by atoms with E-state index in [-0.39, 0.29) is 5.41 Å². The van der Waals surface area contributed by atoms with Gasteiger partial charge in [-0.2, -0.15) is 5.10 Å². The molecule has 2 aromatic rings. The molecule has 3 heteroatoms. The van der Waals surface area contributed by atoms with E-state index in [4.69, 9.17) is 10.8 Å². The summed E-state index contributed by atoms with van der Waals surface area (Å²) in [6, 6.07) is 8.41. The maximum Gasteiger partial charge on any atom is 0.0709 e. The van der Waals surface area contributed by atoms with Gasteiger partial charge in [-0.25, -0.2) is 0 Å². The summed E-state index contributed by atoms with van der Waals surface area (Å²) in [5.74, 6) is 0. The lowest BCUT2D eigenvalue weighted by Crippen LogP contribution is -2.26. The normalized spacial score (nSPS) is 12.2. The zero-order chi connectivity index (χ0) is 12.5. The third kappa shape index (κ3) is 2.34. The highest BCUT2D eigenvalue weighted by Gasteiger charge is 2.20. The second kappa shape index (κ2) is 4.49. The zero-order valence-corrected chi connectivity index (χ0v) is 10.9. The maximum absolute atomic E-state index is 5.80. The van der Waals surface area contributed by atoms with E-state index in [1.54, 1.807) is 0 Å². The largest absolute Gasteiger partial charge is 0.330 e. The number of aromatic nitrogens is 2. The summed E-state index contributed by atoms with van der Waals surface area (Å²) in [6.45, 7) is 8.08. The molecule has 0 bridgehead atoms. The van der Waals surface area contributed by atoms with Crippen LogP contribution in [0.25, 0.3) is 10.9 Å². The number of benzene rings is 1. The van der Waals surface area contributed by atoms with Gasteiger partial charge in [0.25, 0.3) is 0 Å². The summed E-state index contributed by atoms with van der Waals surface area (Å²) in [5.41, 5.74) is 8.29. The van der Waals surface area contributed by atoms with Gasteiger partial charge in [-0.3, -0.25) is 4.68 Å². The molecule has 0 fully saturated rings. The maximum atomic E-state index is 5.80. The fourth-order valence-corrected chi connectivity index (χ4v) is 2.09. The van der Waals surface area contributed by atoms with E-state index in [0.717, 1.165) is 18.7 Å². The molecule has 2 rings (SSSR count). The predicted octanol–water partition coefficient (Wildman–Crippen LogP) is 2.58. The molecule has 0 aliphatic carbocycles. The van der Waals surface area contributed by atoms with Gasteiger partial charge in [-0.1, -0.05) is 32.0 Å². The highest BCUT2D eigenvalue weighted by atomic mass is 15.3. The Morgan fingerprint density at radius 1 is 1.29 bits per heavy atom. The van der Waals surface area contributed by atoms with Gasteiger partial charge in [0, 0.05) is 11.9 Å². The molecular formula is C14H21N3. The van der Waals surface area contributed by atoms with Crippen molar-refractivity contribution >= 4 is 10.9 Å². The summed E-state index contributed by atoms with van der Waals surface area (Å²) in [6.07, 6.45) is 0.928. The Labute approximate surface area is 103 Å². The number of aryl methyl sites for hydroxylation is 1. The van der Waals surface area contributed by atoms with Crippen LogP contribution in [0.5, 0.6) is 0 Å². The summed E-state index contributed by atoms with van der Waals surface area (Å²) < 4.78 is 2.07. The van der Waals surface area contributed by atoms with Crippen LogP contribution in [-0.4, -0.2) is 16.3 Å². The van der Waals surface area contributed by atoms with Crippen molar-refractivity contribution in [3.05, 3.63) is 30.0 Å². The SMILES string of the molecule is CCn1nc(CC(C)(C)CN)c2ccccc21. The molecule has 0 unspecified atom stereocenters. The number of hydrogen-bond acceptors (Lipinski definition) is 2. The second-order valence-electron chi connectivity index (χ2n) is 5.32. The van der Waals surface area contributed by atoms with Crippen LogP contribution in [0.15, 0.2) is 24.3 Å². The van der Waals surface area contributed by atoms with Crippen molar-refractivity contribution in [2.24, 2.45) is 11.1 Å². The molecule has 0 amide bonds. The number of nitrogens with zero attached hydrogens (tertiary/aromatic N) is 2. The van der Waals surface area contributed by atoms with Crippen molar-refractivity contribution < 1.29 is 0 Å². The van der Waals surface area contributed by atoms with Gasteiger partial charge in [0.2, 0.25) is 0 Å². The summed E-state index contributed by atoms with van der Waals surface area (Å²) >= 11 is 0. The molecule has 92 valence electrons. The molecule has 1 aromatic heterocycles. The molecule has 2 N–H and O–H groups in total. The molecule has 17 heavy (non-hydrogen) atoms. The Bertz CT molecular complexity index is 511. The van der Waals surface area contributed by atoms with Crippen molar-refractivity contribution in [3.63, 3.8) is 0 Å². The zero-order valence-electron chi connectivity index (χ0n) is 10.9. The topological polar surface area (TPSA) is 43.8 Å². The minimum Gasteiger partial charge on any atom is -0.330 e. The molecule has 0 atom stereocenters. The summed E-state index contributed by atoms with van der Waals surface area (Å²) in [5, 5.41) is 5.96. The third-order valence-corrected chi connectivity index (χ3v) is 3.23. The third-order valence-electron chi connectivity index (χ3n) is 3.23. The Morgan fingerprint density at radius 2 is 2.00 bits per heavy atom. The van der Waals surface area contributed by atoms with E-state index >= 15 is 0 Å². The standard InChI is InChI=1S/C14H21N3/c1-4-17-13-8-6-5-7-11(13)12(16-17)9-14(2,3)10-15/h5-8H,4,9-10,15H2,1-3H3. The molecule has 0 saturated carbocycles. The fraction of sp³-hybridized carbons (Fsp3) is 0.500. The first-order valence-electron chi connectivity index (χ1n) is 6.22. The van der Waals surface area contributed by atoms with Crippen molar-refractivity contribution in [2.75, 3.05) is 6.54 Å². The molecule has 1 aromatic carbocycles. The van der Waals surface area contributed by atoms with Gasteiger partial charge < -0.3 is 5.73 Å². The molecule has 0 saturated heterocycles. The van der Waals surface area contributed by atoms with Crippen LogP contribution in [-0.2, 0) is 13.0 Å². The first-order chi connectivity index (χ1) is 8.07. The number of hydrogen-bond donors (Lipinski definition) is 1. The van der Waals surface area contributed by atoms with E-state index < -0.39 is 0 Å². The van der Waals surface area contributed by atoms with Crippen molar-refractivity contribution in [3.8, 4) is 0 Å². The minimum atomic E-state index is 0.107. The van der Waals surface area contributed by atoms with Gasteiger partial charge in [0.15, 0.2) is 0 Å². The van der Waals surface area contributed by atoms with Crippen LogP contribution in [0.4, 0.5) is 0 Å². The molecule has 3 nitrogen and oxygen atoms in total. The molecule has 0 spiro atoms. The Hall–Kier alpha value is -1.35. The van der Waals surface area contributed by atoms with Gasteiger partial charge in [0.1, 0.15) is 0 Å². The smallest absolute Gasteiger partial charge is 0.0709 e. The van der Waals surface area contributed by atoms with E-state index in [1.165, 1.54) is 10.9 Å². The van der Waals surface area contributed by atoms with Gasteiger partial charge >= 0.3 is 0 Å². The van der Waals surface area contributed by atoms with Crippen LogP contribution in [0.3, 0.4) is 0 Å². The highest BCUT2D eigenvalue weighted by Crippen LogP contribution is 2.25. The van der Waals surface area contributed by atoms with Crippen LogP contribution in [0.2, 0.25) is 0 Å². The number of rotatable bonds is 4. The second-order valence-corrected chi connectivity index (χ2v) is 5.32. The molecule has 0 aliphatic heterocycles. The number of nitrogens with two attached hydrogens (primary N) is 1. The first kappa shape index (κ1) is 12.1. The number of para-hydroxylation sites is 1.